The number of aryl methyl sites for hydroxylation is 1. The maximum absolute atomic E-state index is 5.59. The minimum atomic E-state index is -0.0344. The molecular weight excluding hydrogens is 248 g/mol. The molecule has 2 heterocycles. The smallest absolute Gasteiger partial charge is 0.323 e. The summed E-state index contributed by atoms with van der Waals surface area (Å²) in [5.74, 6) is 1.18. The Kier molecular flexibility index (Phi) is 3.79. The Labute approximate surface area is 110 Å². The van der Waals surface area contributed by atoms with Gasteiger partial charge < -0.3 is 20.3 Å². The minimum Gasteiger partial charge on any atom is -0.461 e. The molecular formula is C11H16N6O2. The number of aromatic nitrogens is 4. The SMILES string of the molecule is Cc1cc(CNc2nc(N)nc(OC(C)C)n2)no1. The summed E-state index contributed by atoms with van der Waals surface area (Å²) in [6.07, 6.45) is -0.0344. The van der Waals surface area contributed by atoms with E-state index in [0.717, 1.165) is 11.5 Å². The van der Waals surface area contributed by atoms with E-state index in [1.165, 1.54) is 0 Å². The molecule has 0 radical (unpaired) electrons. The van der Waals surface area contributed by atoms with Gasteiger partial charge in [0.2, 0.25) is 11.9 Å². The Bertz CT molecular complexity index is 554. The van der Waals surface area contributed by atoms with Crippen LogP contribution in [0.1, 0.15) is 25.3 Å². The highest BCUT2D eigenvalue weighted by atomic mass is 16.5. The second-order valence-corrected chi connectivity index (χ2v) is 4.25. The van der Waals surface area contributed by atoms with Gasteiger partial charge in [-0.3, -0.25) is 0 Å². The van der Waals surface area contributed by atoms with Crippen LogP contribution < -0.4 is 15.8 Å². The van der Waals surface area contributed by atoms with Gasteiger partial charge in [-0.25, -0.2) is 0 Å². The van der Waals surface area contributed by atoms with Crippen LogP contribution >= 0.6 is 0 Å². The van der Waals surface area contributed by atoms with Crippen molar-refractivity contribution in [1.82, 2.24) is 20.1 Å². The molecule has 0 amide bonds. The fourth-order valence-electron chi connectivity index (χ4n) is 1.39. The quantitative estimate of drug-likeness (QED) is 0.827. The number of nitrogens with one attached hydrogen (secondary N) is 1. The van der Waals surface area contributed by atoms with E-state index in [2.05, 4.69) is 25.4 Å². The molecule has 0 bridgehead atoms. The molecule has 102 valence electrons. The number of ether oxygens (including phenoxy) is 1. The molecule has 2 aromatic heterocycles. The number of nitrogens with two attached hydrogens (primary N) is 1. The zero-order valence-corrected chi connectivity index (χ0v) is 11.0. The van der Waals surface area contributed by atoms with Crippen molar-refractivity contribution < 1.29 is 9.26 Å². The van der Waals surface area contributed by atoms with Crippen LogP contribution in [0.15, 0.2) is 10.6 Å². The number of rotatable bonds is 5. The first kappa shape index (κ1) is 13.1. The molecule has 2 aromatic rings. The van der Waals surface area contributed by atoms with Crippen molar-refractivity contribution in [1.29, 1.82) is 0 Å². The third kappa shape index (κ3) is 3.80. The molecule has 8 heteroatoms. The highest BCUT2D eigenvalue weighted by Gasteiger charge is 2.08. The molecule has 0 atom stereocenters. The molecule has 2 rings (SSSR count). The van der Waals surface area contributed by atoms with Gasteiger partial charge in [0.15, 0.2) is 0 Å². The summed E-state index contributed by atoms with van der Waals surface area (Å²) in [4.78, 5) is 12.0. The van der Waals surface area contributed by atoms with Gasteiger partial charge in [-0.05, 0) is 20.8 Å². The van der Waals surface area contributed by atoms with E-state index in [9.17, 15) is 0 Å². The van der Waals surface area contributed by atoms with Crippen molar-refractivity contribution in [2.45, 2.75) is 33.4 Å². The van der Waals surface area contributed by atoms with Crippen LogP contribution in [0.2, 0.25) is 0 Å². The summed E-state index contributed by atoms with van der Waals surface area (Å²) in [7, 11) is 0. The normalized spacial score (nSPS) is 10.7. The first-order chi connectivity index (χ1) is 9.02. The number of hydrogen-bond donors (Lipinski definition) is 2. The lowest BCUT2D eigenvalue weighted by atomic mass is 10.4. The zero-order valence-electron chi connectivity index (χ0n) is 11.0. The number of anilines is 2. The van der Waals surface area contributed by atoms with Crippen molar-refractivity contribution in [3.63, 3.8) is 0 Å². The van der Waals surface area contributed by atoms with E-state index in [1.807, 2.05) is 26.8 Å². The highest BCUT2D eigenvalue weighted by molar-refractivity contribution is 5.33. The number of hydrogen-bond acceptors (Lipinski definition) is 8. The fraction of sp³-hybridized carbons (Fsp3) is 0.455. The van der Waals surface area contributed by atoms with Gasteiger partial charge in [0.05, 0.1) is 12.6 Å². The van der Waals surface area contributed by atoms with Crippen molar-refractivity contribution in [2.24, 2.45) is 0 Å². The predicted molar refractivity (Wildman–Crippen MR) is 68.6 cm³/mol. The maximum atomic E-state index is 5.59. The molecule has 19 heavy (non-hydrogen) atoms. The molecule has 0 unspecified atom stereocenters. The highest BCUT2D eigenvalue weighted by Crippen LogP contribution is 2.11. The van der Waals surface area contributed by atoms with E-state index in [-0.39, 0.29) is 18.1 Å². The largest absolute Gasteiger partial charge is 0.461 e. The lowest BCUT2D eigenvalue weighted by Crippen LogP contribution is -2.13. The molecule has 0 aromatic carbocycles. The molecule has 0 saturated carbocycles. The summed E-state index contributed by atoms with van der Waals surface area (Å²) in [5, 5.41) is 6.84. The molecule has 3 N–H and O–H groups in total. The molecule has 8 nitrogen and oxygen atoms in total. The lowest BCUT2D eigenvalue weighted by Gasteiger charge is -2.09. The van der Waals surface area contributed by atoms with Crippen LogP contribution in [-0.4, -0.2) is 26.2 Å². The van der Waals surface area contributed by atoms with Crippen LogP contribution in [0.4, 0.5) is 11.9 Å². The van der Waals surface area contributed by atoms with Gasteiger partial charge >= 0.3 is 6.01 Å². The van der Waals surface area contributed by atoms with Crippen molar-refractivity contribution in [2.75, 3.05) is 11.1 Å². The van der Waals surface area contributed by atoms with Gasteiger partial charge in [-0.1, -0.05) is 5.16 Å². The summed E-state index contributed by atoms with van der Waals surface area (Å²) in [5.41, 5.74) is 6.34. The Morgan fingerprint density at radius 1 is 1.37 bits per heavy atom. The number of nitrogens with zero attached hydrogens (tertiary/aromatic N) is 4. The van der Waals surface area contributed by atoms with Gasteiger partial charge in [0.25, 0.3) is 0 Å². The molecule has 0 spiro atoms. The summed E-state index contributed by atoms with van der Waals surface area (Å²) >= 11 is 0. The van der Waals surface area contributed by atoms with E-state index < -0.39 is 0 Å². The Balaban J connectivity index is 2.05. The summed E-state index contributed by atoms with van der Waals surface area (Å²) < 4.78 is 10.3. The average molecular weight is 264 g/mol. The van der Waals surface area contributed by atoms with Crippen molar-refractivity contribution in [3.8, 4) is 6.01 Å². The minimum absolute atomic E-state index is 0.0344. The van der Waals surface area contributed by atoms with Crippen LogP contribution in [0, 0.1) is 6.92 Å². The zero-order chi connectivity index (χ0) is 13.8. The van der Waals surface area contributed by atoms with Crippen LogP contribution in [0.5, 0.6) is 6.01 Å². The first-order valence-electron chi connectivity index (χ1n) is 5.87. The van der Waals surface area contributed by atoms with Crippen LogP contribution in [0.25, 0.3) is 0 Å². The third-order valence-electron chi connectivity index (χ3n) is 2.08. The Morgan fingerprint density at radius 2 is 2.16 bits per heavy atom. The maximum Gasteiger partial charge on any atom is 0.323 e. The van der Waals surface area contributed by atoms with E-state index >= 15 is 0 Å². The predicted octanol–water partition coefficient (Wildman–Crippen LogP) is 1.15. The third-order valence-corrected chi connectivity index (χ3v) is 2.08. The lowest BCUT2D eigenvalue weighted by molar-refractivity contribution is 0.222. The number of nitrogen functional groups attached to an aromatic ring is 1. The second kappa shape index (κ2) is 5.51. The van der Waals surface area contributed by atoms with E-state index in [4.69, 9.17) is 15.0 Å². The van der Waals surface area contributed by atoms with Gasteiger partial charge in [0.1, 0.15) is 11.5 Å². The van der Waals surface area contributed by atoms with Gasteiger partial charge in [-0.15, -0.1) is 0 Å². The molecule has 0 saturated heterocycles. The van der Waals surface area contributed by atoms with Crippen molar-refractivity contribution in [3.05, 3.63) is 17.5 Å². The van der Waals surface area contributed by atoms with E-state index in [0.29, 0.717) is 12.5 Å². The molecule has 0 aliphatic heterocycles. The fourth-order valence-corrected chi connectivity index (χ4v) is 1.39. The molecule has 0 aliphatic rings. The monoisotopic (exact) mass is 264 g/mol. The van der Waals surface area contributed by atoms with Crippen LogP contribution in [0.3, 0.4) is 0 Å². The molecule has 0 fully saturated rings. The average Bonchev–Trinajstić information content (AvgIpc) is 2.71. The topological polar surface area (TPSA) is 112 Å². The molecule has 0 aliphatic carbocycles. The Morgan fingerprint density at radius 3 is 2.79 bits per heavy atom. The van der Waals surface area contributed by atoms with Gasteiger partial charge in [-0.2, -0.15) is 15.0 Å². The second-order valence-electron chi connectivity index (χ2n) is 4.25. The summed E-state index contributed by atoms with van der Waals surface area (Å²) in [6, 6.07) is 2.02. The van der Waals surface area contributed by atoms with Gasteiger partial charge in [0, 0.05) is 6.07 Å². The standard InChI is InChI=1S/C11H16N6O2/c1-6(2)18-11-15-9(12)14-10(16-11)13-5-8-4-7(3)19-17-8/h4,6H,5H2,1-3H3,(H3,12,13,14,15,16). The van der Waals surface area contributed by atoms with Crippen molar-refractivity contribution >= 4 is 11.9 Å². The summed E-state index contributed by atoms with van der Waals surface area (Å²) in [6.45, 7) is 6.02. The first-order valence-corrected chi connectivity index (χ1v) is 5.87. The Hall–Kier alpha value is -2.38. The van der Waals surface area contributed by atoms with E-state index in [1.54, 1.807) is 0 Å². The van der Waals surface area contributed by atoms with Crippen LogP contribution in [-0.2, 0) is 6.54 Å².